The van der Waals surface area contributed by atoms with E-state index in [9.17, 15) is 19.2 Å². The maximum absolute atomic E-state index is 12.2. The van der Waals surface area contributed by atoms with E-state index >= 15 is 0 Å². The molecule has 0 radical (unpaired) electrons. The zero-order valence-corrected chi connectivity index (χ0v) is 14.2. The monoisotopic (exact) mass is 348 g/mol. The molecule has 1 aliphatic heterocycles. The Balaban J connectivity index is 2.14. The van der Waals surface area contributed by atoms with Gasteiger partial charge in [0.15, 0.2) is 0 Å². The Labute approximate surface area is 144 Å². The van der Waals surface area contributed by atoms with E-state index < -0.39 is 24.4 Å². The zero-order valence-electron chi connectivity index (χ0n) is 14.2. The van der Waals surface area contributed by atoms with Crippen LogP contribution in [0.15, 0.2) is 18.2 Å². The number of methoxy groups -OCH3 is 1. The molecule has 1 fully saturated rings. The molecule has 3 N–H and O–H groups in total. The van der Waals surface area contributed by atoms with Crippen LogP contribution in [0.5, 0.6) is 5.75 Å². The molecule has 1 heterocycles. The molecular formula is C16H20N4O5. The zero-order chi connectivity index (χ0) is 18.6. The van der Waals surface area contributed by atoms with Gasteiger partial charge < -0.3 is 20.7 Å². The summed E-state index contributed by atoms with van der Waals surface area (Å²) in [6.07, 6.45) is 0. The molecule has 0 spiro atoms. The van der Waals surface area contributed by atoms with Gasteiger partial charge in [0.2, 0.25) is 11.8 Å². The van der Waals surface area contributed by atoms with Crippen molar-refractivity contribution in [2.24, 2.45) is 5.92 Å². The fourth-order valence-corrected chi connectivity index (χ4v) is 2.09. The molecule has 0 atom stereocenters. The number of imide groups is 1. The number of carbonyl (C=O) groups excluding carboxylic acids is 4. The summed E-state index contributed by atoms with van der Waals surface area (Å²) in [7, 11) is 1.49. The van der Waals surface area contributed by atoms with Crippen LogP contribution in [0.3, 0.4) is 0 Å². The first kappa shape index (κ1) is 18.2. The molecular weight excluding hydrogens is 328 g/mol. The van der Waals surface area contributed by atoms with Crippen molar-refractivity contribution < 1.29 is 23.9 Å². The topological polar surface area (TPSA) is 117 Å². The number of hydrogen-bond donors (Lipinski definition) is 3. The minimum atomic E-state index is -0.608. The van der Waals surface area contributed by atoms with Gasteiger partial charge in [-0.25, -0.2) is 4.79 Å². The predicted molar refractivity (Wildman–Crippen MR) is 90.2 cm³/mol. The van der Waals surface area contributed by atoms with E-state index in [1.165, 1.54) is 7.11 Å². The molecule has 9 nitrogen and oxygen atoms in total. The number of urea groups is 1. The summed E-state index contributed by atoms with van der Waals surface area (Å²) >= 11 is 0. The van der Waals surface area contributed by atoms with Crippen molar-refractivity contribution in [3.8, 4) is 5.75 Å². The number of amides is 5. The summed E-state index contributed by atoms with van der Waals surface area (Å²) < 4.78 is 5.12. The molecule has 1 aliphatic rings. The highest BCUT2D eigenvalue weighted by atomic mass is 16.5. The molecule has 0 saturated carbocycles. The normalized spacial score (nSPS) is 13.7. The third-order valence-electron chi connectivity index (χ3n) is 3.52. The second-order valence-corrected chi connectivity index (χ2v) is 5.74. The van der Waals surface area contributed by atoms with Crippen molar-refractivity contribution in [2.75, 3.05) is 30.8 Å². The third kappa shape index (κ3) is 4.46. The van der Waals surface area contributed by atoms with Gasteiger partial charge >= 0.3 is 6.03 Å². The molecule has 0 bridgehead atoms. The van der Waals surface area contributed by atoms with E-state index in [1.54, 1.807) is 32.0 Å². The van der Waals surface area contributed by atoms with Gasteiger partial charge in [0.05, 0.1) is 25.0 Å². The highest BCUT2D eigenvalue weighted by molar-refractivity contribution is 6.07. The summed E-state index contributed by atoms with van der Waals surface area (Å²) in [4.78, 5) is 47.9. The number of hydrogen-bond acceptors (Lipinski definition) is 5. The number of anilines is 2. The van der Waals surface area contributed by atoms with E-state index in [0.29, 0.717) is 17.1 Å². The Bertz CT molecular complexity index is 700. The molecule has 9 heteroatoms. The van der Waals surface area contributed by atoms with Gasteiger partial charge in [-0.3, -0.25) is 19.3 Å². The Kier molecular flexibility index (Phi) is 5.58. The van der Waals surface area contributed by atoms with Gasteiger partial charge in [-0.15, -0.1) is 0 Å². The second kappa shape index (κ2) is 7.65. The lowest BCUT2D eigenvalue weighted by Crippen LogP contribution is -2.38. The molecule has 25 heavy (non-hydrogen) atoms. The van der Waals surface area contributed by atoms with E-state index in [4.69, 9.17) is 4.74 Å². The third-order valence-corrected chi connectivity index (χ3v) is 3.52. The lowest BCUT2D eigenvalue weighted by Gasteiger charge is -2.16. The number of benzene rings is 1. The van der Waals surface area contributed by atoms with Crippen LogP contribution in [0.1, 0.15) is 13.8 Å². The SMILES string of the molecule is COc1ccc(NC(=O)CN2C(=O)CNC2=O)c(NC(=O)C(C)C)c1. The summed E-state index contributed by atoms with van der Waals surface area (Å²) in [6, 6.07) is 4.15. The van der Waals surface area contributed by atoms with Crippen molar-refractivity contribution in [2.45, 2.75) is 13.8 Å². The van der Waals surface area contributed by atoms with Crippen molar-refractivity contribution in [3.63, 3.8) is 0 Å². The van der Waals surface area contributed by atoms with Gasteiger partial charge in [0, 0.05) is 12.0 Å². The predicted octanol–water partition coefficient (Wildman–Crippen LogP) is 0.780. The Morgan fingerprint density at radius 3 is 2.52 bits per heavy atom. The molecule has 0 aliphatic carbocycles. The van der Waals surface area contributed by atoms with Crippen molar-refractivity contribution in [3.05, 3.63) is 18.2 Å². The highest BCUT2D eigenvalue weighted by Gasteiger charge is 2.30. The van der Waals surface area contributed by atoms with E-state index in [2.05, 4.69) is 16.0 Å². The van der Waals surface area contributed by atoms with Gasteiger partial charge in [-0.1, -0.05) is 13.8 Å². The van der Waals surface area contributed by atoms with E-state index in [-0.39, 0.29) is 18.4 Å². The molecule has 2 rings (SSSR count). The van der Waals surface area contributed by atoms with Crippen molar-refractivity contribution >= 4 is 35.1 Å². The lowest BCUT2D eigenvalue weighted by molar-refractivity contribution is -0.128. The van der Waals surface area contributed by atoms with E-state index in [0.717, 1.165) is 4.90 Å². The van der Waals surface area contributed by atoms with Gasteiger partial charge in [0.25, 0.3) is 5.91 Å². The first-order valence-corrected chi connectivity index (χ1v) is 7.68. The molecule has 1 saturated heterocycles. The average molecular weight is 348 g/mol. The van der Waals surface area contributed by atoms with Crippen LogP contribution in [0.25, 0.3) is 0 Å². The maximum Gasteiger partial charge on any atom is 0.325 e. The number of carbonyl (C=O) groups is 4. The van der Waals surface area contributed by atoms with E-state index in [1.807, 2.05) is 0 Å². The molecule has 134 valence electrons. The number of ether oxygens (including phenoxy) is 1. The molecule has 0 unspecified atom stereocenters. The maximum atomic E-state index is 12.2. The van der Waals surface area contributed by atoms with Crippen LogP contribution in [0, 0.1) is 5.92 Å². The number of nitrogens with zero attached hydrogens (tertiary/aromatic N) is 1. The van der Waals surface area contributed by atoms with Crippen molar-refractivity contribution in [1.29, 1.82) is 0 Å². The molecule has 1 aromatic carbocycles. The first-order valence-electron chi connectivity index (χ1n) is 7.68. The van der Waals surface area contributed by atoms with Crippen LogP contribution in [0.4, 0.5) is 16.2 Å². The molecule has 5 amide bonds. The van der Waals surface area contributed by atoms with Gasteiger partial charge in [-0.05, 0) is 12.1 Å². The number of nitrogens with one attached hydrogen (secondary N) is 3. The van der Waals surface area contributed by atoms with Gasteiger partial charge in [-0.2, -0.15) is 0 Å². The van der Waals surface area contributed by atoms with Crippen LogP contribution in [-0.4, -0.2) is 48.9 Å². The Hall–Kier alpha value is -3.10. The number of rotatable bonds is 6. The molecule has 1 aromatic rings. The second-order valence-electron chi connectivity index (χ2n) is 5.74. The summed E-state index contributed by atoms with van der Waals surface area (Å²) in [5.41, 5.74) is 0.704. The van der Waals surface area contributed by atoms with Crippen LogP contribution < -0.4 is 20.7 Å². The average Bonchev–Trinajstić information content (AvgIpc) is 2.88. The summed E-state index contributed by atoms with van der Waals surface area (Å²) in [6.45, 7) is 2.95. The van der Waals surface area contributed by atoms with Crippen LogP contribution in [-0.2, 0) is 14.4 Å². The Morgan fingerprint density at radius 1 is 1.24 bits per heavy atom. The van der Waals surface area contributed by atoms with Crippen LogP contribution >= 0.6 is 0 Å². The highest BCUT2D eigenvalue weighted by Crippen LogP contribution is 2.27. The standard InChI is InChI=1S/C16H20N4O5/c1-9(2)15(23)19-12-6-10(25-3)4-5-11(12)18-13(21)8-20-14(22)7-17-16(20)24/h4-6,9H,7-8H2,1-3H3,(H,17,24)(H,18,21)(H,19,23). The smallest absolute Gasteiger partial charge is 0.325 e. The van der Waals surface area contributed by atoms with Gasteiger partial charge in [0.1, 0.15) is 12.3 Å². The first-order chi connectivity index (χ1) is 11.8. The van der Waals surface area contributed by atoms with Crippen LogP contribution in [0.2, 0.25) is 0 Å². The minimum Gasteiger partial charge on any atom is -0.497 e. The largest absolute Gasteiger partial charge is 0.497 e. The minimum absolute atomic E-state index is 0.121. The van der Waals surface area contributed by atoms with Crippen molar-refractivity contribution in [1.82, 2.24) is 10.2 Å². The Morgan fingerprint density at radius 2 is 1.96 bits per heavy atom. The fraction of sp³-hybridized carbons (Fsp3) is 0.375. The fourth-order valence-electron chi connectivity index (χ4n) is 2.09. The lowest BCUT2D eigenvalue weighted by atomic mass is 10.2. The summed E-state index contributed by atoms with van der Waals surface area (Å²) in [5.74, 6) is -0.997. The molecule has 0 aromatic heterocycles. The summed E-state index contributed by atoms with van der Waals surface area (Å²) in [5, 5.41) is 7.64. The quantitative estimate of drug-likeness (QED) is 0.657.